The second kappa shape index (κ2) is 10.4. The summed E-state index contributed by atoms with van der Waals surface area (Å²) in [6.07, 6.45) is 0.116. The number of amides is 1. The number of ether oxygens (including phenoxy) is 1. The summed E-state index contributed by atoms with van der Waals surface area (Å²) < 4.78 is 5.96. The molecule has 0 spiro atoms. The van der Waals surface area contributed by atoms with E-state index in [4.69, 9.17) is 4.74 Å². The Labute approximate surface area is 189 Å². The van der Waals surface area contributed by atoms with Crippen molar-refractivity contribution in [3.63, 3.8) is 0 Å². The van der Waals surface area contributed by atoms with Gasteiger partial charge in [0.05, 0.1) is 12.1 Å². The molecular formula is C27H30N2O3. The molecule has 1 heterocycles. The van der Waals surface area contributed by atoms with E-state index >= 15 is 0 Å². The van der Waals surface area contributed by atoms with Gasteiger partial charge in [0.15, 0.2) is 0 Å². The Hall–Kier alpha value is -3.15. The van der Waals surface area contributed by atoms with E-state index in [-0.39, 0.29) is 11.9 Å². The van der Waals surface area contributed by atoms with Gasteiger partial charge in [-0.3, -0.25) is 9.69 Å². The summed E-state index contributed by atoms with van der Waals surface area (Å²) >= 11 is 0. The average Bonchev–Trinajstić information content (AvgIpc) is 3.00. The molecular weight excluding hydrogens is 400 g/mol. The zero-order valence-electron chi connectivity index (χ0n) is 18.4. The number of benzene rings is 3. The van der Waals surface area contributed by atoms with Crippen LogP contribution >= 0.6 is 0 Å². The van der Waals surface area contributed by atoms with E-state index in [0.29, 0.717) is 26.2 Å². The molecule has 2 atom stereocenters. The number of aliphatic hydroxyl groups is 1. The summed E-state index contributed by atoms with van der Waals surface area (Å²) in [7, 11) is 0. The van der Waals surface area contributed by atoms with Gasteiger partial charge < -0.3 is 15.2 Å². The maximum Gasteiger partial charge on any atom is 0.237 e. The fourth-order valence-electron chi connectivity index (χ4n) is 4.08. The van der Waals surface area contributed by atoms with Gasteiger partial charge in [-0.15, -0.1) is 0 Å². The molecule has 0 bridgehead atoms. The van der Waals surface area contributed by atoms with E-state index in [1.165, 1.54) is 0 Å². The SMILES string of the molecule is CC(C(=O)NCc1ccccc1)N1CCc2cc(OCc3ccccc3)ccc2C(O)C1. The first kappa shape index (κ1) is 22.1. The third-order valence-corrected chi connectivity index (χ3v) is 6.03. The fourth-order valence-corrected chi connectivity index (χ4v) is 4.08. The highest BCUT2D eigenvalue weighted by Gasteiger charge is 2.28. The van der Waals surface area contributed by atoms with Gasteiger partial charge in [0, 0.05) is 19.6 Å². The van der Waals surface area contributed by atoms with Crippen LogP contribution in [0, 0.1) is 0 Å². The molecule has 4 rings (SSSR count). The van der Waals surface area contributed by atoms with Crippen molar-refractivity contribution in [2.24, 2.45) is 0 Å². The number of carbonyl (C=O) groups excluding carboxylic acids is 1. The zero-order valence-corrected chi connectivity index (χ0v) is 18.4. The lowest BCUT2D eigenvalue weighted by atomic mass is 10.0. The van der Waals surface area contributed by atoms with Crippen LogP contribution < -0.4 is 10.1 Å². The molecule has 1 aliphatic rings. The van der Waals surface area contributed by atoms with E-state index in [2.05, 4.69) is 10.2 Å². The maximum absolute atomic E-state index is 12.7. The predicted octanol–water partition coefficient (Wildman–Crippen LogP) is 3.86. The van der Waals surface area contributed by atoms with Crippen molar-refractivity contribution < 1.29 is 14.6 Å². The Balaban J connectivity index is 1.36. The monoisotopic (exact) mass is 430 g/mol. The van der Waals surface area contributed by atoms with Gasteiger partial charge in [0.25, 0.3) is 0 Å². The van der Waals surface area contributed by atoms with Crippen molar-refractivity contribution in [3.8, 4) is 5.75 Å². The summed E-state index contributed by atoms with van der Waals surface area (Å²) in [5.74, 6) is 0.765. The van der Waals surface area contributed by atoms with Crippen LogP contribution in [0.4, 0.5) is 0 Å². The smallest absolute Gasteiger partial charge is 0.237 e. The highest BCUT2D eigenvalue weighted by Crippen LogP contribution is 2.28. The number of β-amino-alcohol motifs (C(OH)–C–C–N with tert-alkyl or cyclic N) is 1. The van der Waals surface area contributed by atoms with Gasteiger partial charge in [-0.2, -0.15) is 0 Å². The third-order valence-electron chi connectivity index (χ3n) is 6.03. The first-order valence-electron chi connectivity index (χ1n) is 11.1. The number of aliphatic hydroxyl groups excluding tert-OH is 1. The largest absolute Gasteiger partial charge is 0.489 e. The van der Waals surface area contributed by atoms with E-state index in [9.17, 15) is 9.90 Å². The van der Waals surface area contributed by atoms with Crippen molar-refractivity contribution in [2.45, 2.75) is 38.6 Å². The Morgan fingerprint density at radius 2 is 1.75 bits per heavy atom. The fraction of sp³-hybridized carbons (Fsp3) is 0.296. The Morgan fingerprint density at radius 3 is 2.47 bits per heavy atom. The standard InChI is InChI=1S/C27H30N2O3/c1-20(27(31)28-17-21-8-4-2-5-9-21)29-15-14-23-16-24(12-13-25(23)26(30)18-29)32-19-22-10-6-3-7-11-22/h2-13,16,20,26,30H,14-15,17-19H2,1H3,(H,28,31). The van der Waals surface area contributed by atoms with Gasteiger partial charge in [0.2, 0.25) is 5.91 Å². The van der Waals surface area contributed by atoms with Gasteiger partial charge in [-0.25, -0.2) is 0 Å². The number of fused-ring (bicyclic) bond motifs is 1. The summed E-state index contributed by atoms with van der Waals surface area (Å²) in [6.45, 7) is 4.04. The van der Waals surface area contributed by atoms with Gasteiger partial charge in [-0.05, 0) is 47.7 Å². The van der Waals surface area contributed by atoms with Crippen LogP contribution in [0.15, 0.2) is 78.9 Å². The highest BCUT2D eigenvalue weighted by atomic mass is 16.5. The molecule has 3 aromatic rings. The van der Waals surface area contributed by atoms with Crippen LogP contribution in [-0.4, -0.2) is 35.0 Å². The molecule has 1 aliphatic heterocycles. The summed E-state index contributed by atoms with van der Waals surface area (Å²) in [5, 5.41) is 13.8. The normalized spacial score (nSPS) is 17.1. The molecule has 2 N–H and O–H groups in total. The van der Waals surface area contributed by atoms with Crippen molar-refractivity contribution in [1.29, 1.82) is 0 Å². The lowest BCUT2D eigenvalue weighted by Crippen LogP contribution is -2.46. The molecule has 166 valence electrons. The zero-order chi connectivity index (χ0) is 22.3. The minimum absolute atomic E-state index is 0.0288. The van der Waals surface area contributed by atoms with Crippen molar-refractivity contribution in [1.82, 2.24) is 10.2 Å². The molecule has 3 aromatic carbocycles. The molecule has 1 amide bonds. The lowest BCUT2D eigenvalue weighted by Gasteiger charge is -2.28. The van der Waals surface area contributed by atoms with Crippen LogP contribution in [0.5, 0.6) is 5.75 Å². The molecule has 5 heteroatoms. The molecule has 2 unspecified atom stereocenters. The maximum atomic E-state index is 12.7. The van der Waals surface area contributed by atoms with E-state index in [0.717, 1.165) is 34.4 Å². The molecule has 0 radical (unpaired) electrons. The summed E-state index contributed by atoms with van der Waals surface area (Å²) in [6, 6.07) is 25.5. The van der Waals surface area contributed by atoms with Crippen molar-refractivity contribution in [3.05, 3.63) is 101 Å². The topological polar surface area (TPSA) is 61.8 Å². The molecule has 32 heavy (non-hydrogen) atoms. The molecule has 0 aliphatic carbocycles. The second-order valence-electron chi connectivity index (χ2n) is 8.28. The average molecular weight is 431 g/mol. The third kappa shape index (κ3) is 5.55. The molecule has 0 aromatic heterocycles. The van der Waals surface area contributed by atoms with Crippen LogP contribution in [-0.2, 0) is 24.4 Å². The molecule has 0 saturated heterocycles. The molecule has 5 nitrogen and oxygen atoms in total. The van der Waals surface area contributed by atoms with Gasteiger partial charge in [0.1, 0.15) is 12.4 Å². The minimum atomic E-state index is -0.639. The number of hydrogen-bond acceptors (Lipinski definition) is 4. The van der Waals surface area contributed by atoms with Crippen LogP contribution in [0.2, 0.25) is 0 Å². The predicted molar refractivity (Wildman–Crippen MR) is 125 cm³/mol. The first-order valence-corrected chi connectivity index (χ1v) is 11.1. The van der Waals surface area contributed by atoms with Crippen molar-refractivity contribution in [2.75, 3.05) is 13.1 Å². The molecule has 0 fully saturated rings. The Bertz CT molecular complexity index is 1020. The Kier molecular flexibility index (Phi) is 7.20. The highest BCUT2D eigenvalue weighted by molar-refractivity contribution is 5.81. The summed E-state index contributed by atoms with van der Waals surface area (Å²) in [4.78, 5) is 14.8. The second-order valence-corrected chi connectivity index (χ2v) is 8.28. The van der Waals surface area contributed by atoms with E-state index in [1.54, 1.807) is 0 Å². The van der Waals surface area contributed by atoms with Crippen molar-refractivity contribution >= 4 is 5.91 Å². The number of carbonyl (C=O) groups is 1. The number of hydrogen-bond donors (Lipinski definition) is 2. The van der Waals surface area contributed by atoms with Crippen LogP contribution in [0.3, 0.4) is 0 Å². The van der Waals surface area contributed by atoms with E-state index in [1.807, 2.05) is 85.8 Å². The van der Waals surface area contributed by atoms with Gasteiger partial charge in [-0.1, -0.05) is 66.7 Å². The van der Waals surface area contributed by atoms with Crippen LogP contribution in [0.25, 0.3) is 0 Å². The Morgan fingerprint density at radius 1 is 1.06 bits per heavy atom. The number of nitrogens with one attached hydrogen (secondary N) is 1. The summed E-state index contributed by atoms with van der Waals surface area (Å²) in [5.41, 5.74) is 4.17. The van der Waals surface area contributed by atoms with E-state index < -0.39 is 6.10 Å². The van der Waals surface area contributed by atoms with Gasteiger partial charge >= 0.3 is 0 Å². The van der Waals surface area contributed by atoms with Crippen LogP contribution in [0.1, 0.15) is 35.3 Å². The molecule has 0 saturated carbocycles. The quantitative estimate of drug-likeness (QED) is 0.598. The number of nitrogens with zero attached hydrogens (tertiary/aromatic N) is 1. The lowest BCUT2D eigenvalue weighted by molar-refractivity contribution is -0.126. The number of rotatable bonds is 7. The first-order chi connectivity index (χ1) is 15.6. The minimum Gasteiger partial charge on any atom is -0.489 e.